The second kappa shape index (κ2) is 4.88. The monoisotopic (exact) mass is 264 g/mol. The lowest BCUT2D eigenvalue weighted by Crippen LogP contribution is -2.24. The molecule has 0 radical (unpaired) electrons. The van der Waals surface area contributed by atoms with Gasteiger partial charge < -0.3 is 9.84 Å². The van der Waals surface area contributed by atoms with Gasteiger partial charge in [-0.25, -0.2) is 4.39 Å². The normalized spacial score (nSPS) is 25.8. The molecular formula is C11H11Cl2FO2. The van der Waals surface area contributed by atoms with Gasteiger partial charge in [0.2, 0.25) is 0 Å². The van der Waals surface area contributed by atoms with Gasteiger partial charge in [-0.2, -0.15) is 0 Å². The Labute approximate surface area is 103 Å². The van der Waals surface area contributed by atoms with E-state index in [-0.39, 0.29) is 5.02 Å². The van der Waals surface area contributed by atoms with Crippen LogP contribution in [0.25, 0.3) is 0 Å². The molecular weight excluding hydrogens is 254 g/mol. The van der Waals surface area contributed by atoms with Crippen molar-refractivity contribution in [3.05, 3.63) is 33.6 Å². The first kappa shape index (κ1) is 12.1. The zero-order valence-electron chi connectivity index (χ0n) is 8.42. The van der Waals surface area contributed by atoms with Gasteiger partial charge in [0, 0.05) is 18.6 Å². The number of hydrogen-bond acceptors (Lipinski definition) is 2. The van der Waals surface area contributed by atoms with E-state index in [2.05, 4.69) is 0 Å². The van der Waals surface area contributed by atoms with Crippen molar-refractivity contribution in [1.29, 1.82) is 0 Å². The van der Waals surface area contributed by atoms with Gasteiger partial charge in [0.25, 0.3) is 0 Å². The van der Waals surface area contributed by atoms with Crippen LogP contribution >= 0.6 is 23.2 Å². The second-order valence-corrected chi connectivity index (χ2v) is 4.64. The van der Waals surface area contributed by atoms with Crippen molar-refractivity contribution in [2.75, 3.05) is 6.61 Å². The molecule has 2 rings (SSSR count). The maximum Gasteiger partial charge on any atom is 0.130 e. The van der Waals surface area contributed by atoms with Crippen LogP contribution in [0.15, 0.2) is 12.1 Å². The average molecular weight is 265 g/mol. The molecule has 1 aliphatic heterocycles. The minimum absolute atomic E-state index is 0.180. The molecule has 1 aromatic rings. The summed E-state index contributed by atoms with van der Waals surface area (Å²) in [7, 11) is 0. The molecule has 5 heteroatoms. The van der Waals surface area contributed by atoms with E-state index in [1.165, 1.54) is 12.1 Å². The minimum Gasteiger partial charge on any atom is -0.393 e. The van der Waals surface area contributed by atoms with Crippen molar-refractivity contribution >= 4 is 23.2 Å². The highest BCUT2D eigenvalue weighted by Crippen LogP contribution is 2.34. The van der Waals surface area contributed by atoms with Crippen LogP contribution in [0.5, 0.6) is 0 Å². The molecule has 0 spiro atoms. The molecule has 2 atom stereocenters. The molecule has 2 nitrogen and oxygen atoms in total. The van der Waals surface area contributed by atoms with E-state index in [0.29, 0.717) is 30.0 Å². The molecule has 16 heavy (non-hydrogen) atoms. The number of rotatable bonds is 1. The summed E-state index contributed by atoms with van der Waals surface area (Å²) in [5, 5.41) is 9.97. The van der Waals surface area contributed by atoms with Crippen molar-refractivity contribution in [3.63, 3.8) is 0 Å². The molecule has 1 heterocycles. The molecule has 0 amide bonds. The van der Waals surface area contributed by atoms with Crippen LogP contribution in [0.3, 0.4) is 0 Å². The average Bonchev–Trinajstić information content (AvgIpc) is 2.23. The van der Waals surface area contributed by atoms with Gasteiger partial charge in [0.05, 0.1) is 22.3 Å². The van der Waals surface area contributed by atoms with Crippen LogP contribution in [0.2, 0.25) is 10.0 Å². The first-order chi connectivity index (χ1) is 7.58. The Kier molecular flexibility index (Phi) is 3.70. The summed E-state index contributed by atoms with van der Waals surface area (Å²) < 4.78 is 19.0. The van der Waals surface area contributed by atoms with Crippen molar-refractivity contribution in [1.82, 2.24) is 0 Å². The predicted molar refractivity (Wildman–Crippen MR) is 60.4 cm³/mol. The molecule has 2 unspecified atom stereocenters. The molecule has 1 aliphatic rings. The van der Waals surface area contributed by atoms with Gasteiger partial charge in [-0.05, 0) is 18.6 Å². The number of benzene rings is 1. The fraction of sp³-hybridized carbons (Fsp3) is 0.455. The fourth-order valence-electron chi connectivity index (χ4n) is 1.78. The Bertz CT molecular complexity index is 398. The topological polar surface area (TPSA) is 29.5 Å². The van der Waals surface area contributed by atoms with E-state index in [0.717, 1.165) is 0 Å². The number of ether oxygens (including phenoxy) is 1. The Morgan fingerprint density at radius 1 is 1.31 bits per heavy atom. The lowest BCUT2D eigenvalue weighted by Gasteiger charge is -2.27. The number of halogens is 3. The molecule has 1 saturated heterocycles. The van der Waals surface area contributed by atoms with Gasteiger partial charge in [0.1, 0.15) is 5.82 Å². The summed E-state index contributed by atoms with van der Waals surface area (Å²) in [5.74, 6) is -0.450. The van der Waals surface area contributed by atoms with Crippen LogP contribution in [-0.2, 0) is 4.74 Å². The first-order valence-electron chi connectivity index (χ1n) is 5.02. The Balaban J connectivity index is 2.29. The lowest BCUT2D eigenvalue weighted by molar-refractivity contribution is -0.0461. The highest BCUT2D eigenvalue weighted by Gasteiger charge is 2.25. The van der Waals surface area contributed by atoms with Gasteiger partial charge in [0.15, 0.2) is 0 Å². The SMILES string of the molecule is OC1CCOC(c2cc(Cl)c(Cl)cc2F)C1. The van der Waals surface area contributed by atoms with E-state index in [9.17, 15) is 9.50 Å². The second-order valence-electron chi connectivity index (χ2n) is 3.83. The first-order valence-corrected chi connectivity index (χ1v) is 5.77. The molecule has 88 valence electrons. The quantitative estimate of drug-likeness (QED) is 0.789. The van der Waals surface area contributed by atoms with Crippen molar-refractivity contribution in [2.45, 2.75) is 25.0 Å². The Morgan fingerprint density at radius 2 is 2.00 bits per heavy atom. The van der Waals surface area contributed by atoms with E-state index in [4.69, 9.17) is 27.9 Å². The molecule has 1 N–H and O–H groups in total. The van der Waals surface area contributed by atoms with Gasteiger partial charge in [-0.1, -0.05) is 23.2 Å². The lowest BCUT2D eigenvalue weighted by atomic mass is 9.99. The predicted octanol–water partition coefficient (Wildman–Crippen LogP) is 3.34. The van der Waals surface area contributed by atoms with Gasteiger partial charge >= 0.3 is 0 Å². The van der Waals surface area contributed by atoms with Crippen LogP contribution in [0, 0.1) is 5.82 Å². The summed E-state index contributed by atoms with van der Waals surface area (Å²) in [6, 6.07) is 2.63. The van der Waals surface area contributed by atoms with Crippen molar-refractivity contribution in [3.8, 4) is 0 Å². The largest absolute Gasteiger partial charge is 0.393 e. The van der Waals surface area contributed by atoms with Crippen LogP contribution in [-0.4, -0.2) is 17.8 Å². The maximum atomic E-state index is 13.6. The molecule has 0 aromatic heterocycles. The molecule has 0 bridgehead atoms. The van der Waals surface area contributed by atoms with Gasteiger partial charge in [-0.3, -0.25) is 0 Å². The zero-order valence-corrected chi connectivity index (χ0v) is 9.93. The van der Waals surface area contributed by atoms with E-state index in [1.54, 1.807) is 0 Å². The van der Waals surface area contributed by atoms with Crippen LogP contribution in [0.4, 0.5) is 4.39 Å². The van der Waals surface area contributed by atoms with Crippen LogP contribution in [0.1, 0.15) is 24.5 Å². The Morgan fingerprint density at radius 3 is 2.69 bits per heavy atom. The highest BCUT2D eigenvalue weighted by molar-refractivity contribution is 6.42. The third-order valence-electron chi connectivity index (χ3n) is 2.64. The van der Waals surface area contributed by atoms with Crippen molar-refractivity contribution < 1.29 is 14.2 Å². The third kappa shape index (κ3) is 2.48. The molecule has 1 aromatic carbocycles. The van der Waals surface area contributed by atoms with E-state index in [1.807, 2.05) is 0 Å². The minimum atomic E-state index is -0.451. The Hall–Kier alpha value is -0.350. The summed E-state index contributed by atoms with van der Waals surface area (Å²) in [6.45, 7) is 0.422. The maximum absolute atomic E-state index is 13.6. The number of aliphatic hydroxyl groups is 1. The summed E-state index contributed by atoms with van der Waals surface area (Å²) in [4.78, 5) is 0. The van der Waals surface area contributed by atoms with Crippen LogP contribution < -0.4 is 0 Å². The molecule has 1 fully saturated rings. The fourth-order valence-corrected chi connectivity index (χ4v) is 2.10. The molecule has 0 saturated carbocycles. The summed E-state index contributed by atoms with van der Waals surface area (Å²) >= 11 is 11.5. The van der Waals surface area contributed by atoms with E-state index >= 15 is 0 Å². The molecule has 0 aliphatic carbocycles. The number of hydrogen-bond donors (Lipinski definition) is 1. The summed E-state index contributed by atoms with van der Waals surface area (Å²) in [5.41, 5.74) is 0.355. The standard InChI is InChI=1S/C11H11Cl2FO2/c12-8-4-7(10(14)5-9(8)13)11-3-6(15)1-2-16-11/h4-6,11,15H,1-3H2. The zero-order chi connectivity index (χ0) is 11.7. The smallest absolute Gasteiger partial charge is 0.130 e. The summed E-state index contributed by atoms with van der Waals surface area (Å²) in [6.07, 6.45) is 0.0695. The van der Waals surface area contributed by atoms with Crippen molar-refractivity contribution in [2.24, 2.45) is 0 Å². The highest BCUT2D eigenvalue weighted by atomic mass is 35.5. The number of aliphatic hydroxyl groups excluding tert-OH is 1. The van der Waals surface area contributed by atoms with E-state index < -0.39 is 18.0 Å². The van der Waals surface area contributed by atoms with Gasteiger partial charge in [-0.15, -0.1) is 0 Å². The third-order valence-corrected chi connectivity index (χ3v) is 3.36.